The largest absolute Gasteiger partial charge is 0.394 e. The first-order valence-electron chi connectivity index (χ1n) is 5.93. The van der Waals surface area contributed by atoms with Crippen molar-refractivity contribution in [3.8, 4) is 0 Å². The maximum atomic E-state index is 11.9. The van der Waals surface area contributed by atoms with Crippen molar-refractivity contribution in [2.75, 3.05) is 13.2 Å². The first kappa shape index (κ1) is 16.2. The van der Waals surface area contributed by atoms with E-state index in [4.69, 9.17) is 23.2 Å². The molecule has 1 aromatic rings. The third-order valence-corrected chi connectivity index (χ3v) is 3.77. The molecule has 0 saturated carbocycles. The fourth-order valence-corrected chi connectivity index (χ4v) is 1.94. The van der Waals surface area contributed by atoms with Gasteiger partial charge in [0.1, 0.15) is 0 Å². The number of hydrogen-bond acceptors (Lipinski definition) is 3. The normalized spacial score (nSPS) is 11.4. The molecule has 0 unspecified atom stereocenters. The number of aliphatic hydroxyl groups is 2. The minimum atomic E-state index is -0.979. The Morgan fingerprint density at radius 2 is 1.89 bits per heavy atom. The van der Waals surface area contributed by atoms with E-state index in [1.807, 2.05) is 0 Å². The molecule has 0 radical (unpaired) electrons. The lowest BCUT2D eigenvalue weighted by Gasteiger charge is -2.29. The molecule has 1 rings (SSSR count). The van der Waals surface area contributed by atoms with Crippen LogP contribution >= 0.6 is 23.2 Å². The van der Waals surface area contributed by atoms with Crippen LogP contribution in [-0.4, -0.2) is 34.9 Å². The van der Waals surface area contributed by atoms with Gasteiger partial charge in [0.25, 0.3) is 0 Å². The van der Waals surface area contributed by atoms with Gasteiger partial charge >= 0.3 is 0 Å². The van der Waals surface area contributed by atoms with Gasteiger partial charge in [-0.05, 0) is 24.1 Å². The van der Waals surface area contributed by atoms with Crippen molar-refractivity contribution in [3.63, 3.8) is 0 Å². The van der Waals surface area contributed by atoms with Crippen LogP contribution in [0.4, 0.5) is 0 Å². The highest BCUT2D eigenvalue weighted by Crippen LogP contribution is 2.22. The molecule has 0 aliphatic heterocycles. The summed E-state index contributed by atoms with van der Waals surface area (Å²) in [5.74, 6) is -0.289. The van der Waals surface area contributed by atoms with Crippen molar-refractivity contribution < 1.29 is 15.0 Å². The van der Waals surface area contributed by atoms with E-state index < -0.39 is 5.54 Å². The summed E-state index contributed by atoms with van der Waals surface area (Å²) in [7, 11) is 0. The van der Waals surface area contributed by atoms with Crippen LogP contribution in [0.3, 0.4) is 0 Å². The monoisotopic (exact) mass is 305 g/mol. The van der Waals surface area contributed by atoms with Crippen molar-refractivity contribution in [3.05, 3.63) is 33.8 Å². The first-order valence-corrected chi connectivity index (χ1v) is 6.68. The van der Waals surface area contributed by atoms with Crippen LogP contribution in [0.1, 0.15) is 18.9 Å². The third-order valence-electron chi connectivity index (χ3n) is 3.04. The molecule has 3 N–H and O–H groups in total. The Kier molecular flexibility index (Phi) is 6.07. The van der Waals surface area contributed by atoms with Crippen LogP contribution in [0.2, 0.25) is 10.0 Å². The van der Waals surface area contributed by atoms with Crippen molar-refractivity contribution >= 4 is 29.1 Å². The quantitative estimate of drug-likeness (QED) is 0.750. The van der Waals surface area contributed by atoms with Crippen LogP contribution in [0, 0.1) is 0 Å². The summed E-state index contributed by atoms with van der Waals surface area (Å²) in [4.78, 5) is 11.9. The van der Waals surface area contributed by atoms with Gasteiger partial charge in [-0.25, -0.2) is 0 Å². The summed E-state index contributed by atoms with van der Waals surface area (Å²) in [6, 6.07) is 4.95. The summed E-state index contributed by atoms with van der Waals surface area (Å²) in [5.41, 5.74) is -0.263. The van der Waals surface area contributed by atoms with E-state index in [1.165, 1.54) is 0 Å². The van der Waals surface area contributed by atoms with Gasteiger partial charge in [-0.2, -0.15) is 0 Å². The Labute approximate surface area is 122 Å². The topological polar surface area (TPSA) is 69.6 Å². The van der Waals surface area contributed by atoms with E-state index in [-0.39, 0.29) is 25.5 Å². The number of benzene rings is 1. The Bertz CT molecular complexity index is 439. The zero-order valence-electron chi connectivity index (χ0n) is 10.6. The van der Waals surface area contributed by atoms with Crippen LogP contribution < -0.4 is 5.32 Å². The molecule has 1 amide bonds. The van der Waals surface area contributed by atoms with Gasteiger partial charge in [-0.3, -0.25) is 4.79 Å². The summed E-state index contributed by atoms with van der Waals surface area (Å²) in [6.07, 6.45) is 0.547. The minimum absolute atomic E-state index is 0.110. The molecule has 0 heterocycles. The average molecular weight is 306 g/mol. The van der Waals surface area contributed by atoms with E-state index in [0.29, 0.717) is 22.0 Å². The molecule has 0 aliphatic carbocycles. The Morgan fingerprint density at radius 1 is 1.26 bits per heavy atom. The number of carbonyl (C=O) groups is 1. The second-order valence-electron chi connectivity index (χ2n) is 4.42. The van der Waals surface area contributed by atoms with E-state index in [1.54, 1.807) is 25.1 Å². The summed E-state index contributed by atoms with van der Waals surface area (Å²) < 4.78 is 0. The zero-order chi connectivity index (χ0) is 14.5. The number of aliphatic hydroxyl groups excluding tert-OH is 2. The van der Waals surface area contributed by atoms with Gasteiger partial charge < -0.3 is 15.5 Å². The number of carbonyl (C=O) groups excluding carboxylic acids is 1. The molecule has 0 aromatic heterocycles. The summed E-state index contributed by atoms with van der Waals surface area (Å²) in [5, 5.41) is 22.0. The maximum Gasteiger partial charge on any atom is 0.225 e. The fourth-order valence-electron chi connectivity index (χ4n) is 1.62. The highest BCUT2D eigenvalue weighted by atomic mass is 35.5. The average Bonchev–Trinajstić information content (AvgIpc) is 2.40. The molecule has 106 valence electrons. The maximum absolute atomic E-state index is 11.9. The first-order chi connectivity index (χ1) is 8.96. The predicted molar refractivity (Wildman–Crippen MR) is 75.5 cm³/mol. The molecule has 0 atom stereocenters. The molecule has 4 nitrogen and oxygen atoms in total. The number of nitrogens with one attached hydrogen (secondary N) is 1. The predicted octanol–water partition coefficient (Wildman–Crippen LogP) is 1.79. The number of rotatable bonds is 6. The van der Waals surface area contributed by atoms with Gasteiger partial charge in [0.15, 0.2) is 0 Å². The molecular formula is C13H17Cl2NO3. The second kappa shape index (κ2) is 7.10. The summed E-state index contributed by atoms with van der Waals surface area (Å²) in [6.45, 7) is 1.16. The standard InChI is InChI=1S/C13H17Cl2NO3/c1-2-13(7-17,8-18)16-12(19)6-9-3-4-10(14)11(15)5-9/h3-5,17-18H,2,6-8H2,1H3,(H,16,19). The molecule has 6 heteroatoms. The molecule has 0 fully saturated rings. The Morgan fingerprint density at radius 3 is 2.37 bits per heavy atom. The number of amides is 1. The SMILES string of the molecule is CCC(CO)(CO)NC(=O)Cc1ccc(Cl)c(Cl)c1. The van der Waals surface area contributed by atoms with Gasteiger partial charge in [0.05, 0.1) is 35.2 Å². The van der Waals surface area contributed by atoms with Crippen LogP contribution in [0.15, 0.2) is 18.2 Å². The van der Waals surface area contributed by atoms with Crippen molar-refractivity contribution in [2.24, 2.45) is 0 Å². The molecule has 0 saturated heterocycles. The van der Waals surface area contributed by atoms with Gasteiger partial charge in [-0.1, -0.05) is 36.2 Å². The lowest BCUT2D eigenvalue weighted by Crippen LogP contribution is -2.54. The van der Waals surface area contributed by atoms with Crippen LogP contribution in [0.5, 0.6) is 0 Å². The smallest absolute Gasteiger partial charge is 0.225 e. The van der Waals surface area contributed by atoms with E-state index >= 15 is 0 Å². The van der Waals surface area contributed by atoms with E-state index in [0.717, 1.165) is 0 Å². The van der Waals surface area contributed by atoms with Gasteiger partial charge in [-0.15, -0.1) is 0 Å². The van der Waals surface area contributed by atoms with Crippen molar-refractivity contribution in [1.29, 1.82) is 0 Å². The second-order valence-corrected chi connectivity index (χ2v) is 5.24. The Balaban J connectivity index is 2.71. The molecule has 0 aliphatic rings. The minimum Gasteiger partial charge on any atom is -0.394 e. The number of halogens is 2. The highest BCUT2D eigenvalue weighted by molar-refractivity contribution is 6.42. The highest BCUT2D eigenvalue weighted by Gasteiger charge is 2.28. The lowest BCUT2D eigenvalue weighted by molar-refractivity contribution is -0.123. The van der Waals surface area contributed by atoms with Crippen LogP contribution in [0.25, 0.3) is 0 Å². The molecule has 0 bridgehead atoms. The van der Waals surface area contributed by atoms with Crippen molar-refractivity contribution in [2.45, 2.75) is 25.3 Å². The Hall–Kier alpha value is -0.810. The number of hydrogen-bond donors (Lipinski definition) is 3. The lowest BCUT2D eigenvalue weighted by atomic mass is 9.98. The summed E-state index contributed by atoms with van der Waals surface area (Å²) >= 11 is 11.7. The molecule has 0 spiro atoms. The van der Waals surface area contributed by atoms with E-state index in [9.17, 15) is 15.0 Å². The van der Waals surface area contributed by atoms with Gasteiger partial charge in [0, 0.05) is 0 Å². The molecular weight excluding hydrogens is 289 g/mol. The fraction of sp³-hybridized carbons (Fsp3) is 0.462. The third kappa shape index (κ3) is 4.35. The molecule has 1 aromatic carbocycles. The van der Waals surface area contributed by atoms with Crippen molar-refractivity contribution in [1.82, 2.24) is 5.32 Å². The molecule has 19 heavy (non-hydrogen) atoms. The van der Waals surface area contributed by atoms with Gasteiger partial charge in [0.2, 0.25) is 5.91 Å². The zero-order valence-corrected chi connectivity index (χ0v) is 12.1. The van der Waals surface area contributed by atoms with E-state index in [2.05, 4.69) is 5.32 Å². The van der Waals surface area contributed by atoms with Crippen LogP contribution in [-0.2, 0) is 11.2 Å².